The van der Waals surface area contributed by atoms with Crippen molar-refractivity contribution in [3.63, 3.8) is 0 Å². The van der Waals surface area contributed by atoms with Gasteiger partial charge in [-0.3, -0.25) is 5.32 Å². The van der Waals surface area contributed by atoms with E-state index in [2.05, 4.69) is 10.6 Å². The lowest BCUT2D eigenvalue weighted by molar-refractivity contribution is 0.475. The van der Waals surface area contributed by atoms with Crippen molar-refractivity contribution in [1.29, 1.82) is 0 Å². The molecule has 0 aromatic carbocycles. The van der Waals surface area contributed by atoms with Crippen molar-refractivity contribution < 1.29 is 8.42 Å². The Morgan fingerprint density at radius 3 is 2.64 bits per heavy atom. The van der Waals surface area contributed by atoms with Crippen LogP contribution in [0.5, 0.6) is 0 Å². The van der Waals surface area contributed by atoms with Gasteiger partial charge in [0.2, 0.25) is 0 Å². The summed E-state index contributed by atoms with van der Waals surface area (Å²) in [6, 6.07) is 0. The van der Waals surface area contributed by atoms with E-state index in [1.54, 1.807) is 6.92 Å². The SMILES string of the molecule is CCS(=O)(=O)C1CNCCN1. The molecule has 0 bridgehead atoms. The van der Waals surface area contributed by atoms with E-state index in [9.17, 15) is 8.42 Å². The zero-order valence-electron chi connectivity index (χ0n) is 6.63. The largest absolute Gasteiger partial charge is 0.313 e. The molecule has 0 aromatic heterocycles. The van der Waals surface area contributed by atoms with Gasteiger partial charge in [0.05, 0.1) is 0 Å². The third kappa shape index (κ3) is 2.15. The lowest BCUT2D eigenvalue weighted by atomic mass is 10.4. The minimum absolute atomic E-state index is 0.215. The second-order valence-corrected chi connectivity index (χ2v) is 5.07. The predicted octanol–water partition coefficient (Wildman–Crippen LogP) is -1.06. The van der Waals surface area contributed by atoms with E-state index in [1.165, 1.54) is 0 Å². The number of sulfone groups is 1. The van der Waals surface area contributed by atoms with Gasteiger partial charge in [-0.15, -0.1) is 0 Å². The molecule has 0 amide bonds. The summed E-state index contributed by atoms with van der Waals surface area (Å²) in [4.78, 5) is 0. The van der Waals surface area contributed by atoms with Gasteiger partial charge in [-0.1, -0.05) is 6.92 Å². The molecule has 0 spiro atoms. The minimum Gasteiger partial charge on any atom is -0.313 e. The maximum absolute atomic E-state index is 11.3. The van der Waals surface area contributed by atoms with Crippen LogP contribution in [0.1, 0.15) is 6.92 Å². The highest BCUT2D eigenvalue weighted by atomic mass is 32.2. The summed E-state index contributed by atoms with van der Waals surface area (Å²) in [5, 5.41) is 5.62. The first-order valence-electron chi connectivity index (χ1n) is 3.82. The van der Waals surface area contributed by atoms with Crippen molar-refractivity contribution >= 4 is 9.84 Å². The van der Waals surface area contributed by atoms with E-state index in [0.717, 1.165) is 13.1 Å². The summed E-state index contributed by atoms with van der Waals surface area (Å²) in [5.74, 6) is 0.215. The topological polar surface area (TPSA) is 58.2 Å². The Morgan fingerprint density at radius 1 is 1.45 bits per heavy atom. The van der Waals surface area contributed by atoms with Crippen molar-refractivity contribution in [2.24, 2.45) is 0 Å². The molecule has 2 N–H and O–H groups in total. The normalized spacial score (nSPS) is 26.8. The first kappa shape index (κ1) is 8.96. The standard InChI is InChI=1S/C6H14N2O2S/c1-2-11(9,10)6-5-7-3-4-8-6/h6-8H,2-5H2,1H3. The molecule has 0 saturated carbocycles. The van der Waals surface area contributed by atoms with Gasteiger partial charge in [0.15, 0.2) is 9.84 Å². The molecule has 0 radical (unpaired) electrons. The molecule has 1 rings (SSSR count). The van der Waals surface area contributed by atoms with Gasteiger partial charge in [0.25, 0.3) is 0 Å². The van der Waals surface area contributed by atoms with Crippen molar-refractivity contribution in [3.05, 3.63) is 0 Å². The van der Waals surface area contributed by atoms with Crippen molar-refractivity contribution in [3.8, 4) is 0 Å². The molecule has 66 valence electrons. The van der Waals surface area contributed by atoms with Gasteiger partial charge in [-0.25, -0.2) is 8.42 Å². The zero-order chi connectivity index (χ0) is 8.32. The van der Waals surface area contributed by atoms with Crippen LogP contribution >= 0.6 is 0 Å². The quantitative estimate of drug-likeness (QED) is 0.566. The molecule has 1 atom stereocenters. The number of hydrogen-bond donors (Lipinski definition) is 2. The molecular weight excluding hydrogens is 164 g/mol. The third-order valence-electron chi connectivity index (χ3n) is 1.84. The van der Waals surface area contributed by atoms with Gasteiger partial charge >= 0.3 is 0 Å². The lowest BCUT2D eigenvalue weighted by Crippen LogP contribution is -2.52. The maximum Gasteiger partial charge on any atom is 0.167 e. The van der Waals surface area contributed by atoms with E-state index in [1.807, 2.05) is 0 Å². The first-order chi connectivity index (χ1) is 5.17. The summed E-state index contributed by atoms with van der Waals surface area (Å²) in [7, 11) is -2.89. The fourth-order valence-electron chi connectivity index (χ4n) is 1.08. The van der Waals surface area contributed by atoms with Crippen LogP contribution in [0.15, 0.2) is 0 Å². The van der Waals surface area contributed by atoms with E-state index in [0.29, 0.717) is 6.54 Å². The van der Waals surface area contributed by atoms with Gasteiger partial charge in [-0.2, -0.15) is 0 Å². The molecule has 11 heavy (non-hydrogen) atoms. The van der Waals surface area contributed by atoms with Crippen LogP contribution in [-0.2, 0) is 9.84 Å². The van der Waals surface area contributed by atoms with E-state index in [4.69, 9.17) is 0 Å². The van der Waals surface area contributed by atoms with Crippen LogP contribution in [0, 0.1) is 0 Å². The molecule has 5 heteroatoms. The summed E-state index contributed by atoms with van der Waals surface area (Å²) in [6.07, 6.45) is 0. The highest BCUT2D eigenvalue weighted by molar-refractivity contribution is 7.91. The van der Waals surface area contributed by atoms with Crippen LogP contribution in [0.2, 0.25) is 0 Å². The van der Waals surface area contributed by atoms with Crippen LogP contribution < -0.4 is 10.6 Å². The van der Waals surface area contributed by atoms with Crippen LogP contribution in [0.25, 0.3) is 0 Å². The third-order valence-corrected chi connectivity index (χ3v) is 3.84. The number of rotatable bonds is 2. The second kappa shape index (κ2) is 3.51. The average Bonchev–Trinajstić information content (AvgIpc) is 2.06. The Hall–Kier alpha value is -0.130. The monoisotopic (exact) mass is 178 g/mol. The lowest BCUT2D eigenvalue weighted by Gasteiger charge is -2.23. The van der Waals surface area contributed by atoms with Gasteiger partial charge < -0.3 is 5.32 Å². The second-order valence-electron chi connectivity index (χ2n) is 2.60. The molecule has 4 nitrogen and oxygen atoms in total. The van der Waals surface area contributed by atoms with E-state index < -0.39 is 9.84 Å². The van der Waals surface area contributed by atoms with Crippen LogP contribution in [-0.4, -0.2) is 39.2 Å². The molecule has 1 saturated heterocycles. The molecular formula is C6H14N2O2S. The van der Waals surface area contributed by atoms with Crippen LogP contribution in [0.4, 0.5) is 0 Å². The Kier molecular flexibility index (Phi) is 2.86. The van der Waals surface area contributed by atoms with Gasteiger partial charge in [0.1, 0.15) is 5.37 Å². The molecule has 0 aliphatic carbocycles. The van der Waals surface area contributed by atoms with E-state index >= 15 is 0 Å². The summed E-state index contributed by atoms with van der Waals surface area (Å²) in [5.41, 5.74) is 0. The summed E-state index contributed by atoms with van der Waals surface area (Å²) >= 11 is 0. The molecule has 0 aromatic rings. The highest BCUT2D eigenvalue weighted by Gasteiger charge is 2.24. The van der Waals surface area contributed by atoms with Crippen molar-refractivity contribution in [2.45, 2.75) is 12.3 Å². The van der Waals surface area contributed by atoms with E-state index in [-0.39, 0.29) is 11.1 Å². The summed E-state index contributed by atoms with van der Waals surface area (Å²) in [6.45, 7) is 3.81. The van der Waals surface area contributed by atoms with Gasteiger partial charge in [-0.05, 0) is 0 Å². The first-order valence-corrected chi connectivity index (χ1v) is 5.54. The molecule has 1 fully saturated rings. The maximum atomic E-state index is 11.3. The number of hydrogen-bond acceptors (Lipinski definition) is 4. The number of nitrogens with one attached hydrogen (secondary N) is 2. The fraction of sp³-hybridized carbons (Fsp3) is 1.00. The van der Waals surface area contributed by atoms with Crippen LogP contribution in [0.3, 0.4) is 0 Å². The Balaban J connectivity index is 2.58. The minimum atomic E-state index is -2.89. The zero-order valence-corrected chi connectivity index (χ0v) is 7.45. The summed E-state index contributed by atoms with van der Waals surface area (Å²) < 4.78 is 22.5. The van der Waals surface area contributed by atoms with Crippen molar-refractivity contribution in [1.82, 2.24) is 10.6 Å². The molecule has 1 aliphatic heterocycles. The highest BCUT2D eigenvalue weighted by Crippen LogP contribution is 1.99. The predicted molar refractivity (Wildman–Crippen MR) is 44.1 cm³/mol. The number of piperazine rings is 1. The fourth-order valence-corrected chi connectivity index (χ4v) is 2.23. The Morgan fingerprint density at radius 2 is 2.18 bits per heavy atom. The molecule has 1 heterocycles. The van der Waals surface area contributed by atoms with Crippen molar-refractivity contribution in [2.75, 3.05) is 25.4 Å². The Labute approximate surface area is 67.3 Å². The smallest absolute Gasteiger partial charge is 0.167 e. The molecule has 1 aliphatic rings. The average molecular weight is 178 g/mol. The Bertz CT molecular complexity index is 207. The van der Waals surface area contributed by atoms with Gasteiger partial charge in [0, 0.05) is 25.4 Å². The molecule has 1 unspecified atom stereocenters.